The number of ether oxygens (including phenoxy) is 1. The van der Waals surface area contributed by atoms with Crippen LogP contribution in [0.1, 0.15) is 0 Å². The molecule has 0 aromatic rings. The molecule has 0 saturated carbocycles. The van der Waals surface area contributed by atoms with Gasteiger partial charge in [-0.2, -0.15) is 22.0 Å². The highest BCUT2D eigenvalue weighted by molar-refractivity contribution is 5.87. The lowest BCUT2D eigenvalue weighted by Crippen LogP contribution is -2.72. The molecule has 0 aromatic carbocycles. The van der Waals surface area contributed by atoms with E-state index in [9.17, 15) is 31.5 Å². The third-order valence-corrected chi connectivity index (χ3v) is 3.32. The quantitative estimate of drug-likeness (QED) is 0.550. The second-order valence-electron chi connectivity index (χ2n) is 4.56. The molecular formula is C9H9F5N2O3. The second kappa shape index (κ2) is 3.78. The van der Waals surface area contributed by atoms with Gasteiger partial charge in [0, 0.05) is 20.1 Å². The van der Waals surface area contributed by atoms with Crippen LogP contribution in [0, 0.1) is 5.41 Å². The van der Waals surface area contributed by atoms with Crippen LogP contribution in [0.3, 0.4) is 0 Å². The molecule has 2 fully saturated rings. The van der Waals surface area contributed by atoms with E-state index in [0.29, 0.717) is 4.90 Å². The molecule has 1 spiro atoms. The Morgan fingerprint density at radius 3 is 2.37 bits per heavy atom. The van der Waals surface area contributed by atoms with Gasteiger partial charge in [-0.25, -0.2) is 4.79 Å². The number of likely N-dealkylation sites (tertiary alicyclic amines) is 1. The molecule has 108 valence electrons. The van der Waals surface area contributed by atoms with Gasteiger partial charge in [-0.1, -0.05) is 0 Å². The van der Waals surface area contributed by atoms with E-state index in [2.05, 4.69) is 10.1 Å². The number of amides is 1. The normalized spacial score (nSPS) is 33.5. The minimum absolute atomic E-state index is 0.411. The minimum Gasteiger partial charge on any atom is -0.439 e. The molecule has 1 N–H and O–H groups in total. The first-order valence-corrected chi connectivity index (χ1v) is 5.17. The third kappa shape index (κ3) is 1.77. The van der Waals surface area contributed by atoms with Gasteiger partial charge < -0.3 is 9.64 Å². The number of carbonyl (C=O) groups is 2. The Kier molecular flexibility index (Phi) is 2.78. The zero-order valence-corrected chi connectivity index (χ0v) is 9.55. The van der Waals surface area contributed by atoms with E-state index >= 15 is 0 Å². The standard InChI is InChI=1S/C9H9F5N2O3/c1-16-3-7(8(10,11)5(16)17)2-15-4(7)19-6(18)9(12,13)14/h4,15H,2-3H2,1H3. The van der Waals surface area contributed by atoms with Crippen molar-refractivity contribution in [2.24, 2.45) is 5.41 Å². The molecule has 2 aliphatic rings. The number of rotatable bonds is 1. The fourth-order valence-electron chi connectivity index (χ4n) is 2.22. The Morgan fingerprint density at radius 1 is 1.47 bits per heavy atom. The lowest BCUT2D eigenvalue weighted by Gasteiger charge is -2.47. The van der Waals surface area contributed by atoms with Crippen molar-refractivity contribution in [3.63, 3.8) is 0 Å². The van der Waals surface area contributed by atoms with Crippen LogP contribution in [0.5, 0.6) is 0 Å². The molecular weight excluding hydrogens is 279 g/mol. The molecule has 2 unspecified atom stereocenters. The van der Waals surface area contributed by atoms with Crippen LogP contribution in [0.4, 0.5) is 22.0 Å². The van der Waals surface area contributed by atoms with Crippen LogP contribution < -0.4 is 5.32 Å². The van der Waals surface area contributed by atoms with Crippen molar-refractivity contribution < 1.29 is 36.3 Å². The van der Waals surface area contributed by atoms with Gasteiger partial charge in [0.2, 0.25) is 0 Å². The van der Waals surface area contributed by atoms with Gasteiger partial charge in [-0.3, -0.25) is 10.1 Å². The number of hydrogen-bond acceptors (Lipinski definition) is 4. The van der Waals surface area contributed by atoms with Crippen molar-refractivity contribution in [2.75, 3.05) is 20.1 Å². The number of alkyl halides is 5. The first-order valence-electron chi connectivity index (χ1n) is 5.17. The minimum atomic E-state index is -5.28. The fourth-order valence-corrected chi connectivity index (χ4v) is 2.22. The molecule has 2 rings (SSSR count). The van der Waals surface area contributed by atoms with Gasteiger partial charge in [0.05, 0.1) is 0 Å². The molecule has 0 bridgehead atoms. The molecule has 2 aliphatic heterocycles. The second-order valence-corrected chi connectivity index (χ2v) is 4.56. The summed E-state index contributed by atoms with van der Waals surface area (Å²) in [6, 6.07) is 0. The van der Waals surface area contributed by atoms with Gasteiger partial charge in [-0.05, 0) is 0 Å². The van der Waals surface area contributed by atoms with Crippen LogP contribution in [0.25, 0.3) is 0 Å². The third-order valence-electron chi connectivity index (χ3n) is 3.32. The molecule has 2 heterocycles. The summed E-state index contributed by atoms with van der Waals surface area (Å²) >= 11 is 0. The molecule has 0 aromatic heterocycles. The molecule has 2 saturated heterocycles. The van der Waals surface area contributed by atoms with Crippen LogP contribution in [-0.4, -0.2) is 55.2 Å². The van der Waals surface area contributed by atoms with Gasteiger partial charge in [0.1, 0.15) is 5.41 Å². The van der Waals surface area contributed by atoms with Crippen molar-refractivity contribution in [3.05, 3.63) is 0 Å². The SMILES string of the molecule is CN1CC2(CNC2OC(=O)C(F)(F)F)C(F)(F)C1=O. The predicted molar refractivity (Wildman–Crippen MR) is 49.0 cm³/mol. The van der Waals surface area contributed by atoms with Crippen LogP contribution in [0.15, 0.2) is 0 Å². The fraction of sp³-hybridized carbons (Fsp3) is 0.778. The summed E-state index contributed by atoms with van der Waals surface area (Å²) < 4.78 is 67.6. The molecule has 10 heteroatoms. The zero-order valence-electron chi connectivity index (χ0n) is 9.55. The van der Waals surface area contributed by atoms with E-state index in [1.165, 1.54) is 0 Å². The lowest BCUT2D eigenvalue weighted by atomic mass is 9.75. The molecule has 0 aliphatic carbocycles. The summed E-state index contributed by atoms with van der Waals surface area (Å²) in [4.78, 5) is 22.6. The van der Waals surface area contributed by atoms with Crippen molar-refractivity contribution in [3.8, 4) is 0 Å². The molecule has 2 atom stereocenters. The molecule has 19 heavy (non-hydrogen) atoms. The maximum absolute atomic E-state index is 13.8. The number of nitrogens with zero attached hydrogens (tertiary/aromatic N) is 1. The van der Waals surface area contributed by atoms with Crippen LogP contribution in [0.2, 0.25) is 0 Å². The van der Waals surface area contributed by atoms with Crippen molar-refractivity contribution in [1.82, 2.24) is 10.2 Å². The zero-order chi connectivity index (χ0) is 14.6. The van der Waals surface area contributed by atoms with E-state index in [4.69, 9.17) is 0 Å². The Bertz CT molecular complexity index is 438. The van der Waals surface area contributed by atoms with Gasteiger partial charge >= 0.3 is 18.1 Å². The lowest BCUT2D eigenvalue weighted by molar-refractivity contribution is -0.241. The Balaban J connectivity index is 2.19. The summed E-state index contributed by atoms with van der Waals surface area (Å²) in [5.74, 6) is -7.94. The largest absolute Gasteiger partial charge is 0.490 e. The summed E-state index contributed by atoms with van der Waals surface area (Å²) in [5, 5.41) is 2.18. The van der Waals surface area contributed by atoms with E-state index < -0.39 is 48.7 Å². The van der Waals surface area contributed by atoms with Crippen molar-refractivity contribution in [1.29, 1.82) is 0 Å². The van der Waals surface area contributed by atoms with Gasteiger partial charge in [0.25, 0.3) is 5.91 Å². The summed E-state index contributed by atoms with van der Waals surface area (Å²) in [6.07, 6.45) is -7.12. The van der Waals surface area contributed by atoms with E-state index in [1.54, 1.807) is 0 Å². The average molecular weight is 288 g/mol. The Morgan fingerprint density at radius 2 is 2.05 bits per heavy atom. The monoisotopic (exact) mass is 288 g/mol. The van der Waals surface area contributed by atoms with E-state index in [-0.39, 0.29) is 0 Å². The van der Waals surface area contributed by atoms with Crippen LogP contribution in [-0.2, 0) is 14.3 Å². The molecule has 5 nitrogen and oxygen atoms in total. The highest BCUT2D eigenvalue weighted by atomic mass is 19.4. The predicted octanol–water partition coefficient (Wildman–Crippen LogP) is 0.115. The van der Waals surface area contributed by atoms with E-state index in [1.807, 2.05) is 0 Å². The number of halogens is 5. The maximum atomic E-state index is 13.8. The number of hydrogen-bond donors (Lipinski definition) is 1. The first kappa shape index (κ1) is 14.0. The van der Waals surface area contributed by atoms with Crippen molar-refractivity contribution >= 4 is 11.9 Å². The number of carbonyl (C=O) groups excluding carboxylic acids is 2. The topological polar surface area (TPSA) is 58.6 Å². The smallest absolute Gasteiger partial charge is 0.439 e. The van der Waals surface area contributed by atoms with Crippen molar-refractivity contribution in [2.45, 2.75) is 18.3 Å². The van der Waals surface area contributed by atoms with Crippen LogP contribution >= 0.6 is 0 Å². The first-order chi connectivity index (χ1) is 8.52. The number of nitrogens with one attached hydrogen (secondary N) is 1. The van der Waals surface area contributed by atoms with E-state index in [0.717, 1.165) is 7.05 Å². The van der Waals surface area contributed by atoms with Gasteiger partial charge in [-0.15, -0.1) is 0 Å². The summed E-state index contributed by atoms with van der Waals surface area (Å²) in [5.41, 5.74) is -2.14. The van der Waals surface area contributed by atoms with Gasteiger partial charge in [0.15, 0.2) is 6.23 Å². The summed E-state index contributed by atoms with van der Waals surface area (Å²) in [7, 11) is 1.10. The summed E-state index contributed by atoms with van der Waals surface area (Å²) in [6.45, 7) is -0.895. The average Bonchev–Trinajstić information content (AvgIpc) is 2.45. The molecule has 0 radical (unpaired) electrons. The maximum Gasteiger partial charge on any atom is 0.490 e. The highest BCUT2D eigenvalue weighted by Gasteiger charge is 2.74. The number of esters is 1. The highest BCUT2D eigenvalue weighted by Crippen LogP contribution is 2.50. The Labute approximate surface area is 103 Å². The Hall–Kier alpha value is -1.45. The molecule has 1 amide bonds.